The van der Waals surface area contributed by atoms with E-state index < -0.39 is 0 Å². The summed E-state index contributed by atoms with van der Waals surface area (Å²) in [7, 11) is 1.83. The molecule has 100 valence electrons. The Hall–Kier alpha value is -1.89. The van der Waals surface area contributed by atoms with Gasteiger partial charge in [-0.05, 0) is 6.07 Å². The first kappa shape index (κ1) is 12.2. The van der Waals surface area contributed by atoms with E-state index in [-0.39, 0.29) is 0 Å². The number of aromatic nitrogens is 3. The van der Waals surface area contributed by atoms with Crippen LogP contribution in [-0.2, 0) is 0 Å². The first-order valence-electron chi connectivity index (χ1n) is 6.27. The minimum absolute atomic E-state index is 0.667. The molecule has 0 amide bonds. The van der Waals surface area contributed by atoms with Crippen molar-refractivity contribution in [3.05, 3.63) is 23.8 Å². The van der Waals surface area contributed by atoms with Crippen LogP contribution in [0.15, 0.2) is 23.8 Å². The zero-order chi connectivity index (χ0) is 13.1. The van der Waals surface area contributed by atoms with Crippen LogP contribution in [0.4, 0.5) is 16.9 Å². The van der Waals surface area contributed by atoms with Gasteiger partial charge in [0.15, 0.2) is 5.13 Å². The van der Waals surface area contributed by atoms with E-state index in [4.69, 9.17) is 0 Å². The third kappa shape index (κ3) is 2.60. The van der Waals surface area contributed by atoms with Crippen LogP contribution < -0.4 is 15.1 Å². The Kier molecular flexibility index (Phi) is 3.45. The predicted octanol–water partition coefficient (Wildman–Crippen LogP) is 1.30. The van der Waals surface area contributed by atoms with E-state index in [1.165, 1.54) is 0 Å². The van der Waals surface area contributed by atoms with Crippen LogP contribution in [0, 0.1) is 0 Å². The Morgan fingerprint density at radius 3 is 2.58 bits per heavy atom. The fraction of sp³-hybridized carbons (Fsp3) is 0.417. The minimum Gasteiger partial charge on any atom is -0.357 e. The van der Waals surface area contributed by atoms with Crippen LogP contribution in [0.2, 0.25) is 0 Å². The molecule has 7 heteroatoms. The molecule has 2 aromatic rings. The largest absolute Gasteiger partial charge is 0.357 e. The van der Waals surface area contributed by atoms with E-state index in [1.54, 1.807) is 17.5 Å². The maximum Gasteiger partial charge on any atom is 0.224 e. The third-order valence-corrected chi connectivity index (χ3v) is 3.99. The van der Waals surface area contributed by atoms with Crippen molar-refractivity contribution < 1.29 is 0 Å². The van der Waals surface area contributed by atoms with Crippen molar-refractivity contribution in [2.24, 2.45) is 0 Å². The summed E-state index contributed by atoms with van der Waals surface area (Å²) < 4.78 is 0. The molecule has 0 spiro atoms. The molecule has 19 heavy (non-hydrogen) atoms. The molecular formula is C12H16N6S. The van der Waals surface area contributed by atoms with Gasteiger partial charge in [0, 0.05) is 51.0 Å². The molecule has 0 saturated carbocycles. The topological polar surface area (TPSA) is 57.2 Å². The Morgan fingerprint density at radius 2 is 1.89 bits per heavy atom. The second-order valence-electron chi connectivity index (χ2n) is 4.28. The second-order valence-corrected chi connectivity index (χ2v) is 5.15. The normalized spacial score (nSPS) is 15.6. The van der Waals surface area contributed by atoms with Gasteiger partial charge in [-0.25, -0.2) is 9.97 Å². The average Bonchev–Trinajstić information content (AvgIpc) is 3.02. The molecule has 1 fully saturated rings. The van der Waals surface area contributed by atoms with Crippen molar-refractivity contribution in [3.8, 4) is 0 Å². The molecule has 0 aliphatic carbocycles. The summed E-state index contributed by atoms with van der Waals surface area (Å²) in [6, 6.07) is 1.96. The van der Waals surface area contributed by atoms with Crippen molar-refractivity contribution in [2.75, 3.05) is 48.3 Å². The lowest BCUT2D eigenvalue weighted by molar-refractivity contribution is 0.645. The molecule has 1 aliphatic rings. The lowest BCUT2D eigenvalue weighted by atomic mass is 10.3. The number of hydrogen-bond donors (Lipinski definition) is 1. The van der Waals surface area contributed by atoms with Gasteiger partial charge in [-0.15, -0.1) is 11.3 Å². The van der Waals surface area contributed by atoms with Gasteiger partial charge in [0.1, 0.15) is 5.82 Å². The molecule has 0 atom stereocenters. The molecular weight excluding hydrogens is 260 g/mol. The first-order chi connectivity index (χ1) is 9.36. The Bertz CT molecular complexity index is 521. The standard InChI is InChI=1S/C12H16N6S/c1-13-11-14-3-2-10(16-11)17-5-7-18(8-6-17)12-15-4-9-19-12/h2-4,9H,5-8H2,1H3,(H,13,14,16). The molecule has 3 rings (SSSR count). The van der Waals surface area contributed by atoms with Crippen LogP contribution >= 0.6 is 11.3 Å². The van der Waals surface area contributed by atoms with Gasteiger partial charge < -0.3 is 15.1 Å². The van der Waals surface area contributed by atoms with E-state index in [9.17, 15) is 0 Å². The van der Waals surface area contributed by atoms with Crippen molar-refractivity contribution >= 4 is 28.2 Å². The van der Waals surface area contributed by atoms with Gasteiger partial charge in [0.2, 0.25) is 5.95 Å². The highest BCUT2D eigenvalue weighted by molar-refractivity contribution is 7.13. The number of rotatable bonds is 3. The van der Waals surface area contributed by atoms with Crippen LogP contribution in [0.25, 0.3) is 0 Å². The maximum absolute atomic E-state index is 4.47. The van der Waals surface area contributed by atoms with E-state index in [0.29, 0.717) is 5.95 Å². The van der Waals surface area contributed by atoms with Gasteiger partial charge >= 0.3 is 0 Å². The fourth-order valence-corrected chi connectivity index (χ4v) is 2.84. The van der Waals surface area contributed by atoms with Crippen LogP contribution in [0.1, 0.15) is 0 Å². The number of nitrogens with zero attached hydrogens (tertiary/aromatic N) is 5. The molecule has 0 aromatic carbocycles. The zero-order valence-corrected chi connectivity index (χ0v) is 11.6. The lowest BCUT2D eigenvalue weighted by Gasteiger charge is -2.35. The molecule has 0 radical (unpaired) electrons. The van der Waals surface area contributed by atoms with E-state index in [2.05, 4.69) is 30.1 Å². The van der Waals surface area contributed by atoms with Crippen LogP contribution in [0.5, 0.6) is 0 Å². The summed E-state index contributed by atoms with van der Waals surface area (Å²) in [6.45, 7) is 3.87. The number of anilines is 3. The highest BCUT2D eigenvalue weighted by Crippen LogP contribution is 2.21. The minimum atomic E-state index is 0.667. The summed E-state index contributed by atoms with van der Waals surface area (Å²) in [5, 5.41) is 6.10. The summed E-state index contributed by atoms with van der Waals surface area (Å²) in [4.78, 5) is 17.6. The average molecular weight is 276 g/mol. The lowest BCUT2D eigenvalue weighted by Crippen LogP contribution is -2.46. The van der Waals surface area contributed by atoms with Gasteiger partial charge in [-0.3, -0.25) is 0 Å². The van der Waals surface area contributed by atoms with E-state index >= 15 is 0 Å². The molecule has 6 nitrogen and oxygen atoms in total. The van der Waals surface area contributed by atoms with Gasteiger partial charge in [0.25, 0.3) is 0 Å². The highest BCUT2D eigenvalue weighted by atomic mass is 32.1. The number of hydrogen-bond acceptors (Lipinski definition) is 7. The molecule has 0 unspecified atom stereocenters. The molecule has 1 aliphatic heterocycles. The van der Waals surface area contributed by atoms with E-state index in [0.717, 1.165) is 37.1 Å². The van der Waals surface area contributed by atoms with Gasteiger partial charge in [0.05, 0.1) is 0 Å². The van der Waals surface area contributed by atoms with Gasteiger partial charge in [-0.2, -0.15) is 4.98 Å². The Morgan fingerprint density at radius 1 is 1.11 bits per heavy atom. The zero-order valence-electron chi connectivity index (χ0n) is 10.8. The highest BCUT2D eigenvalue weighted by Gasteiger charge is 2.19. The predicted molar refractivity (Wildman–Crippen MR) is 78.1 cm³/mol. The molecule has 0 bridgehead atoms. The smallest absolute Gasteiger partial charge is 0.224 e. The quantitative estimate of drug-likeness (QED) is 0.912. The van der Waals surface area contributed by atoms with Gasteiger partial charge in [-0.1, -0.05) is 0 Å². The number of nitrogens with one attached hydrogen (secondary N) is 1. The second kappa shape index (κ2) is 5.40. The number of thiazole rings is 1. The number of piperazine rings is 1. The molecule has 3 heterocycles. The maximum atomic E-state index is 4.47. The van der Waals surface area contributed by atoms with Crippen molar-refractivity contribution in [1.29, 1.82) is 0 Å². The monoisotopic (exact) mass is 276 g/mol. The van der Waals surface area contributed by atoms with E-state index in [1.807, 2.05) is 24.7 Å². The Labute approximate surface area is 116 Å². The Balaban J connectivity index is 1.66. The molecule has 2 aromatic heterocycles. The SMILES string of the molecule is CNc1nccc(N2CCN(c3nccs3)CC2)n1. The van der Waals surface area contributed by atoms with Crippen molar-refractivity contribution in [1.82, 2.24) is 15.0 Å². The fourth-order valence-electron chi connectivity index (χ4n) is 2.14. The summed E-state index contributed by atoms with van der Waals surface area (Å²) in [6.07, 6.45) is 3.65. The molecule has 1 N–H and O–H groups in total. The van der Waals surface area contributed by atoms with Crippen molar-refractivity contribution in [3.63, 3.8) is 0 Å². The molecule has 1 saturated heterocycles. The van der Waals surface area contributed by atoms with Crippen LogP contribution in [0.3, 0.4) is 0 Å². The summed E-state index contributed by atoms with van der Waals surface area (Å²) in [5.74, 6) is 1.65. The third-order valence-electron chi connectivity index (χ3n) is 3.16. The van der Waals surface area contributed by atoms with Crippen molar-refractivity contribution in [2.45, 2.75) is 0 Å². The van der Waals surface area contributed by atoms with Crippen LogP contribution in [-0.4, -0.2) is 48.2 Å². The summed E-state index contributed by atoms with van der Waals surface area (Å²) >= 11 is 1.69. The summed E-state index contributed by atoms with van der Waals surface area (Å²) in [5.41, 5.74) is 0. The first-order valence-corrected chi connectivity index (χ1v) is 7.15.